The average molecular weight is 462 g/mol. The number of anilines is 1. The number of hydrogen-bond donors (Lipinski definition) is 1. The van der Waals surface area contributed by atoms with Crippen LogP contribution in [0.1, 0.15) is 5.56 Å². The maximum atomic E-state index is 13.7. The van der Waals surface area contributed by atoms with E-state index in [1.807, 2.05) is 6.92 Å². The van der Waals surface area contributed by atoms with Crippen LogP contribution in [0.15, 0.2) is 57.4 Å². The van der Waals surface area contributed by atoms with Gasteiger partial charge in [-0.3, -0.25) is 14.2 Å². The molecule has 0 radical (unpaired) electrons. The summed E-state index contributed by atoms with van der Waals surface area (Å²) in [6.45, 7) is 1.41. The minimum atomic E-state index is -0.939. The minimum absolute atomic E-state index is 0.172. The Morgan fingerprint density at radius 1 is 1.10 bits per heavy atom. The first kappa shape index (κ1) is 21.0. The number of carbonyl (C=O) groups is 1. The first-order valence-electron chi connectivity index (χ1n) is 9.00. The van der Waals surface area contributed by atoms with Crippen LogP contribution < -0.4 is 16.6 Å². The zero-order valence-corrected chi connectivity index (χ0v) is 17.6. The zero-order chi connectivity index (χ0) is 22.3. The van der Waals surface area contributed by atoms with Gasteiger partial charge in [0.15, 0.2) is 0 Å². The molecule has 0 saturated carbocycles. The molecule has 2 aromatic heterocycles. The highest BCUT2D eigenvalue weighted by Crippen LogP contribution is 2.23. The Morgan fingerprint density at radius 3 is 2.48 bits per heavy atom. The first-order chi connectivity index (χ1) is 14.7. The van der Waals surface area contributed by atoms with Crippen LogP contribution in [0.4, 0.5) is 14.5 Å². The van der Waals surface area contributed by atoms with Crippen LogP contribution in [0.5, 0.6) is 0 Å². The number of fused-ring (bicyclic) bond motifs is 1. The van der Waals surface area contributed by atoms with E-state index >= 15 is 0 Å². The molecule has 0 saturated heterocycles. The predicted octanol–water partition coefficient (Wildman–Crippen LogP) is 4.09. The second-order valence-corrected chi connectivity index (χ2v) is 8.13. The third-order valence-electron chi connectivity index (χ3n) is 4.56. The van der Waals surface area contributed by atoms with E-state index in [0.717, 1.165) is 33.6 Å². The summed E-state index contributed by atoms with van der Waals surface area (Å²) in [6.07, 6.45) is 0. The lowest BCUT2D eigenvalue weighted by Gasteiger charge is -2.13. The number of hydrogen-bond acceptors (Lipinski definition) is 4. The quantitative estimate of drug-likeness (QED) is 0.497. The van der Waals surface area contributed by atoms with Crippen molar-refractivity contribution in [2.24, 2.45) is 0 Å². The Morgan fingerprint density at radius 2 is 1.81 bits per heavy atom. The minimum Gasteiger partial charge on any atom is -0.323 e. The Kier molecular flexibility index (Phi) is 5.47. The molecule has 4 aromatic rings. The van der Waals surface area contributed by atoms with E-state index in [1.165, 1.54) is 6.07 Å². The van der Waals surface area contributed by atoms with Crippen molar-refractivity contribution in [3.05, 3.63) is 90.9 Å². The van der Waals surface area contributed by atoms with E-state index in [2.05, 4.69) is 5.32 Å². The fourth-order valence-corrected chi connectivity index (χ4v) is 4.30. The van der Waals surface area contributed by atoms with Gasteiger partial charge in [-0.05, 0) is 48.2 Å². The van der Waals surface area contributed by atoms with Crippen LogP contribution in [0.3, 0.4) is 0 Å². The summed E-state index contributed by atoms with van der Waals surface area (Å²) in [5, 5.41) is 4.55. The Hall–Kier alpha value is -3.30. The van der Waals surface area contributed by atoms with Crippen molar-refractivity contribution in [3.63, 3.8) is 0 Å². The fraction of sp³-hybridized carbons (Fsp3) is 0.0952. The molecule has 0 bridgehead atoms. The molecule has 158 valence electrons. The highest BCUT2D eigenvalue weighted by molar-refractivity contribution is 7.17. The smallest absolute Gasteiger partial charge is 0.323 e. The maximum absolute atomic E-state index is 13.7. The largest absolute Gasteiger partial charge is 0.336 e. The molecule has 1 N–H and O–H groups in total. The lowest BCUT2D eigenvalue weighted by Crippen LogP contribution is -2.40. The normalized spacial score (nSPS) is 11.1. The van der Waals surface area contributed by atoms with Crippen LogP contribution in [-0.4, -0.2) is 15.0 Å². The van der Waals surface area contributed by atoms with Gasteiger partial charge in [0.05, 0.1) is 21.9 Å². The van der Waals surface area contributed by atoms with Crippen molar-refractivity contribution in [2.75, 3.05) is 5.32 Å². The van der Waals surface area contributed by atoms with E-state index < -0.39 is 35.3 Å². The lowest BCUT2D eigenvalue weighted by atomic mass is 10.2. The van der Waals surface area contributed by atoms with Crippen molar-refractivity contribution in [1.82, 2.24) is 9.13 Å². The van der Waals surface area contributed by atoms with Gasteiger partial charge in [0.2, 0.25) is 5.91 Å². The van der Waals surface area contributed by atoms with E-state index in [9.17, 15) is 23.2 Å². The van der Waals surface area contributed by atoms with Crippen LogP contribution in [0, 0.1) is 18.6 Å². The summed E-state index contributed by atoms with van der Waals surface area (Å²) in [5.41, 5.74) is -0.359. The van der Waals surface area contributed by atoms with Gasteiger partial charge in [-0.1, -0.05) is 17.7 Å². The standard InChI is InChI=1S/C21H14ClF2N3O3S/c1-11-2-3-16(15(22)6-11)25-18(28)10-26-17-4-5-31-19(17)20(29)27(21(26)30)14-8-12(23)7-13(24)9-14/h2-9H,10H2,1H3,(H,25,28). The van der Waals surface area contributed by atoms with Gasteiger partial charge in [-0.15, -0.1) is 11.3 Å². The van der Waals surface area contributed by atoms with Crippen LogP contribution in [0.2, 0.25) is 5.02 Å². The van der Waals surface area contributed by atoms with E-state index in [-0.39, 0.29) is 15.9 Å². The number of thiophene rings is 1. The van der Waals surface area contributed by atoms with Gasteiger partial charge in [0.25, 0.3) is 5.56 Å². The monoisotopic (exact) mass is 461 g/mol. The van der Waals surface area contributed by atoms with E-state index in [1.54, 1.807) is 23.6 Å². The third-order valence-corrected chi connectivity index (χ3v) is 5.77. The number of benzene rings is 2. The number of rotatable bonds is 4. The molecular formula is C21H14ClF2N3O3S. The van der Waals surface area contributed by atoms with Gasteiger partial charge in [0, 0.05) is 6.07 Å². The second kappa shape index (κ2) is 8.09. The molecule has 4 rings (SSSR count). The number of carbonyl (C=O) groups excluding carboxylic acids is 1. The van der Waals surface area contributed by atoms with Gasteiger partial charge in [-0.2, -0.15) is 0 Å². The Bertz CT molecular complexity index is 1440. The summed E-state index contributed by atoms with van der Waals surface area (Å²) in [5.74, 6) is -2.44. The van der Waals surface area contributed by atoms with Gasteiger partial charge in [-0.25, -0.2) is 18.1 Å². The topological polar surface area (TPSA) is 73.1 Å². The number of halogens is 3. The van der Waals surface area contributed by atoms with Crippen molar-refractivity contribution in [1.29, 1.82) is 0 Å². The highest BCUT2D eigenvalue weighted by Gasteiger charge is 2.19. The van der Waals surface area contributed by atoms with Crippen LogP contribution in [-0.2, 0) is 11.3 Å². The molecule has 1 amide bonds. The summed E-state index contributed by atoms with van der Waals surface area (Å²) in [6, 6.07) is 9.00. The molecule has 0 aliphatic carbocycles. The summed E-state index contributed by atoms with van der Waals surface area (Å²) in [7, 11) is 0. The number of aromatic nitrogens is 2. The number of amides is 1. The molecule has 0 spiro atoms. The van der Waals surface area contributed by atoms with Gasteiger partial charge < -0.3 is 5.32 Å². The average Bonchev–Trinajstić information content (AvgIpc) is 3.17. The SMILES string of the molecule is Cc1ccc(NC(=O)Cn2c(=O)n(-c3cc(F)cc(F)c3)c(=O)c3sccc32)c(Cl)c1. The molecule has 31 heavy (non-hydrogen) atoms. The molecule has 0 aliphatic rings. The summed E-state index contributed by atoms with van der Waals surface area (Å²) < 4.78 is 29.3. The highest BCUT2D eigenvalue weighted by atomic mass is 35.5. The maximum Gasteiger partial charge on any atom is 0.336 e. The van der Waals surface area contributed by atoms with E-state index in [4.69, 9.17) is 11.6 Å². The second-order valence-electron chi connectivity index (χ2n) is 6.80. The van der Waals surface area contributed by atoms with Crippen LogP contribution >= 0.6 is 22.9 Å². The molecule has 10 heteroatoms. The zero-order valence-electron chi connectivity index (χ0n) is 16.0. The number of nitrogens with zero attached hydrogens (tertiary/aromatic N) is 2. The predicted molar refractivity (Wildman–Crippen MR) is 116 cm³/mol. The van der Waals surface area contributed by atoms with Crippen molar-refractivity contribution >= 4 is 44.7 Å². The van der Waals surface area contributed by atoms with Crippen LogP contribution in [0.25, 0.3) is 15.9 Å². The molecule has 0 atom stereocenters. The fourth-order valence-electron chi connectivity index (χ4n) is 3.19. The molecule has 2 heterocycles. The molecule has 2 aromatic carbocycles. The molecule has 6 nitrogen and oxygen atoms in total. The van der Waals surface area contributed by atoms with Crippen molar-refractivity contribution in [3.8, 4) is 5.69 Å². The Balaban J connectivity index is 1.81. The lowest BCUT2D eigenvalue weighted by molar-refractivity contribution is -0.116. The van der Waals surface area contributed by atoms with E-state index in [0.29, 0.717) is 21.3 Å². The molecule has 0 unspecified atom stereocenters. The first-order valence-corrected chi connectivity index (χ1v) is 10.3. The Labute approximate surface area is 182 Å². The summed E-state index contributed by atoms with van der Waals surface area (Å²) in [4.78, 5) is 38.6. The number of aryl methyl sites for hydroxylation is 1. The molecule has 0 fully saturated rings. The summed E-state index contributed by atoms with van der Waals surface area (Å²) >= 11 is 7.20. The van der Waals surface area contributed by atoms with Gasteiger partial charge in [0.1, 0.15) is 22.9 Å². The van der Waals surface area contributed by atoms with Gasteiger partial charge >= 0.3 is 5.69 Å². The van der Waals surface area contributed by atoms with Crippen molar-refractivity contribution in [2.45, 2.75) is 13.5 Å². The van der Waals surface area contributed by atoms with Crippen molar-refractivity contribution < 1.29 is 13.6 Å². The molecule has 0 aliphatic heterocycles. The molecular weight excluding hydrogens is 448 g/mol. The number of nitrogens with one attached hydrogen (secondary N) is 1. The third kappa shape index (κ3) is 4.01.